The largest absolute Gasteiger partial charge is 0.360 e. The molecule has 0 unspecified atom stereocenters. The van der Waals surface area contributed by atoms with E-state index in [1.54, 1.807) is 0 Å². The number of carbonyl (C=O) groups excluding carboxylic acids is 1. The van der Waals surface area contributed by atoms with Gasteiger partial charge in [0, 0.05) is 24.0 Å². The second-order valence-corrected chi connectivity index (χ2v) is 10.5. The zero-order valence-electron chi connectivity index (χ0n) is 13.7. The Morgan fingerprint density at radius 2 is 1.84 bits per heavy atom. The number of carbonyl (C=O) groups is 1. The Hall–Kier alpha value is -2.00. The average molecular weight is 383 g/mol. The zero-order chi connectivity index (χ0) is 18.4. The van der Waals surface area contributed by atoms with Crippen molar-refractivity contribution in [2.24, 2.45) is 0 Å². The molecule has 0 N–H and O–H groups in total. The molecule has 0 spiro atoms. The first-order valence-corrected chi connectivity index (χ1v) is 11.5. The standard InChI is InChI=1S/C16H17NO6S2/c1-24(19,20)9-11-7-12(25(2,21)22)5-6-13(11)15(18)14-8-17-23-16(14)10-3-4-10/h5-8,10H,3-4,9H2,1-2H3. The molecule has 25 heavy (non-hydrogen) atoms. The van der Waals surface area contributed by atoms with Crippen molar-refractivity contribution >= 4 is 25.5 Å². The number of nitrogens with zero attached hydrogens (tertiary/aromatic N) is 1. The van der Waals surface area contributed by atoms with Gasteiger partial charge in [0.15, 0.2) is 31.2 Å². The van der Waals surface area contributed by atoms with Crippen molar-refractivity contribution in [2.45, 2.75) is 29.4 Å². The molecule has 2 aromatic rings. The molecule has 3 rings (SSSR count). The van der Waals surface area contributed by atoms with Crippen LogP contribution in [-0.2, 0) is 25.4 Å². The molecular formula is C16H17NO6S2. The van der Waals surface area contributed by atoms with Crippen molar-refractivity contribution in [1.29, 1.82) is 0 Å². The summed E-state index contributed by atoms with van der Waals surface area (Å²) in [5, 5.41) is 3.68. The Morgan fingerprint density at radius 3 is 2.40 bits per heavy atom. The van der Waals surface area contributed by atoms with Crippen LogP contribution < -0.4 is 0 Å². The number of aromatic nitrogens is 1. The molecule has 0 radical (unpaired) electrons. The Bertz CT molecular complexity index is 1050. The molecule has 0 aliphatic heterocycles. The van der Waals surface area contributed by atoms with E-state index < -0.39 is 31.2 Å². The first kappa shape index (κ1) is 17.8. The molecule has 0 atom stereocenters. The van der Waals surface area contributed by atoms with Gasteiger partial charge in [-0.25, -0.2) is 16.8 Å². The fraction of sp³-hybridized carbons (Fsp3) is 0.375. The first-order chi connectivity index (χ1) is 11.6. The summed E-state index contributed by atoms with van der Waals surface area (Å²) < 4.78 is 52.1. The highest BCUT2D eigenvalue weighted by Crippen LogP contribution is 2.42. The van der Waals surface area contributed by atoms with Gasteiger partial charge in [0.25, 0.3) is 0 Å². The van der Waals surface area contributed by atoms with Gasteiger partial charge in [-0.2, -0.15) is 0 Å². The molecule has 134 valence electrons. The highest BCUT2D eigenvalue weighted by atomic mass is 32.2. The predicted molar refractivity (Wildman–Crippen MR) is 90.0 cm³/mol. The highest BCUT2D eigenvalue weighted by molar-refractivity contribution is 7.90. The maximum absolute atomic E-state index is 12.9. The average Bonchev–Trinajstić information content (AvgIpc) is 3.21. The Balaban J connectivity index is 2.10. The Labute approximate surface area is 145 Å². The maximum atomic E-state index is 12.9. The highest BCUT2D eigenvalue weighted by Gasteiger charge is 2.33. The molecule has 1 fully saturated rings. The van der Waals surface area contributed by atoms with Crippen LogP contribution in [0.5, 0.6) is 0 Å². The number of rotatable bonds is 6. The van der Waals surface area contributed by atoms with E-state index >= 15 is 0 Å². The van der Waals surface area contributed by atoms with Crippen molar-refractivity contribution in [2.75, 3.05) is 12.5 Å². The molecule has 1 aliphatic rings. The van der Waals surface area contributed by atoms with Gasteiger partial charge in [-0.05, 0) is 36.6 Å². The van der Waals surface area contributed by atoms with E-state index in [4.69, 9.17) is 4.52 Å². The van der Waals surface area contributed by atoms with E-state index in [-0.39, 0.29) is 21.9 Å². The van der Waals surface area contributed by atoms with Crippen molar-refractivity contribution in [3.05, 3.63) is 46.8 Å². The first-order valence-electron chi connectivity index (χ1n) is 7.56. The third kappa shape index (κ3) is 3.98. The van der Waals surface area contributed by atoms with Gasteiger partial charge in [-0.1, -0.05) is 5.16 Å². The number of hydrogen-bond donors (Lipinski definition) is 0. The van der Waals surface area contributed by atoms with E-state index in [9.17, 15) is 21.6 Å². The summed E-state index contributed by atoms with van der Waals surface area (Å²) in [6, 6.07) is 3.90. The predicted octanol–water partition coefficient (Wildman–Crippen LogP) is 1.73. The van der Waals surface area contributed by atoms with Crippen molar-refractivity contribution in [3.63, 3.8) is 0 Å². The Kier molecular flexibility index (Phi) is 4.32. The van der Waals surface area contributed by atoms with Gasteiger partial charge in [0.2, 0.25) is 0 Å². The van der Waals surface area contributed by atoms with Crippen LogP contribution in [0.4, 0.5) is 0 Å². The lowest BCUT2D eigenvalue weighted by atomic mass is 9.98. The molecule has 1 heterocycles. The summed E-state index contributed by atoms with van der Waals surface area (Å²) in [4.78, 5) is 12.9. The van der Waals surface area contributed by atoms with Gasteiger partial charge in [-0.3, -0.25) is 4.79 Å². The smallest absolute Gasteiger partial charge is 0.198 e. The molecule has 1 aromatic carbocycles. The third-order valence-corrected chi connectivity index (χ3v) is 5.90. The molecule has 1 aliphatic carbocycles. The third-order valence-electron chi connectivity index (χ3n) is 3.96. The zero-order valence-corrected chi connectivity index (χ0v) is 15.4. The SMILES string of the molecule is CS(=O)(=O)Cc1cc(S(C)(=O)=O)ccc1C(=O)c1cnoc1C1CC1. The minimum atomic E-state index is -3.53. The monoisotopic (exact) mass is 383 g/mol. The van der Waals surface area contributed by atoms with E-state index in [0.29, 0.717) is 11.3 Å². The number of sulfone groups is 2. The van der Waals surface area contributed by atoms with Crippen LogP contribution >= 0.6 is 0 Å². The van der Waals surface area contributed by atoms with E-state index in [1.807, 2.05) is 0 Å². The number of ketones is 1. The molecule has 0 saturated heterocycles. The minimum absolute atomic E-state index is 0.0320. The normalized spacial score (nSPS) is 15.3. The Morgan fingerprint density at radius 1 is 1.16 bits per heavy atom. The van der Waals surface area contributed by atoms with Crippen molar-refractivity contribution < 1.29 is 26.2 Å². The summed E-state index contributed by atoms with van der Waals surface area (Å²) in [6.45, 7) is 0. The van der Waals surface area contributed by atoms with Crippen LogP contribution in [0.2, 0.25) is 0 Å². The number of benzene rings is 1. The van der Waals surface area contributed by atoms with Crippen LogP contribution in [0.25, 0.3) is 0 Å². The summed E-state index contributed by atoms with van der Waals surface area (Å²) >= 11 is 0. The van der Waals surface area contributed by atoms with E-state index in [2.05, 4.69) is 5.16 Å². The topological polar surface area (TPSA) is 111 Å². The lowest BCUT2D eigenvalue weighted by Crippen LogP contribution is -2.11. The quantitative estimate of drug-likeness (QED) is 0.698. The van der Waals surface area contributed by atoms with Gasteiger partial charge in [0.05, 0.1) is 22.4 Å². The van der Waals surface area contributed by atoms with E-state index in [1.165, 1.54) is 24.4 Å². The van der Waals surface area contributed by atoms with Crippen LogP contribution in [0.1, 0.15) is 46.0 Å². The van der Waals surface area contributed by atoms with Crippen molar-refractivity contribution in [3.8, 4) is 0 Å². The fourth-order valence-electron chi connectivity index (χ4n) is 2.63. The molecule has 1 saturated carbocycles. The maximum Gasteiger partial charge on any atom is 0.198 e. The minimum Gasteiger partial charge on any atom is -0.360 e. The lowest BCUT2D eigenvalue weighted by Gasteiger charge is -2.10. The van der Waals surface area contributed by atoms with Gasteiger partial charge < -0.3 is 4.52 Å². The molecule has 0 bridgehead atoms. The van der Waals surface area contributed by atoms with Crippen LogP contribution in [0, 0.1) is 0 Å². The van der Waals surface area contributed by atoms with Gasteiger partial charge >= 0.3 is 0 Å². The molecular weight excluding hydrogens is 366 g/mol. The van der Waals surface area contributed by atoms with Gasteiger partial charge in [0.1, 0.15) is 0 Å². The van der Waals surface area contributed by atoms with Crippen LogP contribution in [-0.4, -0.2) is 40.3 Å². The summed E-state index contributed by atoms with van der Waals surface area (Å²) in [6.07, 6.45) is 5.21. The van der Waals surface area contributed by atoms with Crippen molar-refractivity contribution in [1.82, 2.24) is 5.16 Å². The molecule has 0 amide bonds. The van der Waals surface area contributed by atoms with Crippen LogP contribution in [0.3, 0.4) is 0 Å². The second-order valence-electron chi connectivity index (χ2n) is 6.37. The second kappa shape index (κ2) is 6.06. The molecule has 1 aromatic heterocycles. The number of hydrogen-bond acceptors (Lipinski definition) is 7. The van der Waals surface area contributed by atoms with Crippen LogP contribution in [0.15, 0.2) is 33.8 Å². The molecule has 9 heteroatoms. The fourth-order valence-corrected chi connectivity index (χ4v) is 4.10. The summed E-state index contributed by atoms with van der Waals surface area (Å²) in [5.41, 5.74) is 0.589. The van der Waals surface area contributed by atoms with Gasteiger partial charge in [-0.15, -0.1) is 0 Å². The lowest BCUT2D eigenvalue weighted by molar-refractivity contribution is 0.103. The van der Waals surface area contributed by atoms with E-state index in [0.717, 1.165) is 25.4 Å². The summed E-state index contributed by atoms with van der Waals surface area (Å²) in [7, 11) is -6.99. The molecule has 7 nitrogen and oxygen atoms in total. The summed E-state index contributed by atoms with van der Waals surface area (Å²) in [5.74, 6) is -0.180.